The summed E-state index contributed by atoms with van der Waals surface area (Å²) < 4.78 is 0. The molecule has 0 spiro atoms. The van der Waals surface area contributed by atoms with Crippen LogP contribution in [0.3, 0.4) is 0 Å². The Morgan fingerprint density at radius 1 is 1.33 bits per heavy atom. The van der Waals surface area contributed by atoms with Crippen LogP contribution in [0.2, 0.25) is 0 Å². The van der Waals surface area contributed by atoms with Gasteiger partial charge in [0.1, 0.15) is 11.6 Å². The lowest BCUT2D eigenvalue weighted by atomic mass is 10.2. The zero-order chi connectivity index (χ0) is 11.1. The van der Waals surface area contributed by atoms with Crippen LogP contribution in [0.15, 0.2) is 12.3 Å². The smallest absolute Gasteiger partial charge is 0.131 e. The third-order valence-corrected chi connectivity index (χ3v) is 2.55. The van der Waals surface area contributed by atoms with Crippen molar-refractivity contribution in [3.05, 3.63) is 18.1 Å². The molecule has 3 nitrogen and oxygen atoms in total. The summed E-state index contributed by atoms with van der Waals surface area (Å²) in [6.45, 7) is 2.93. The molecule has 0 bridgehead atoms. The Morgan fingerprint density at radius 3 is 2.80 bits per heavy atom. The first kappa shape index (κ1) is 12.2. The van der Waals surface area contributed by atoms with Crippen molar-refractivity contribution in [2.24, 2.45) is 0 Å². The second-order valence-electron chi connectivity index (χ2n) is 3.63. The quantitative estimate of drug-likeness (QED) is 0.553. The summed E-state index contributed by atoms with van der Waals surface area (Å²) in [5, 5.41) is 0. The van der Waals surface area contributed by atoms with Gasteiger partial charge >= 0.3 is 0 Å². The number of hydrogen-bond acceptors (Lipinski definition) is 3. The van der Waals surface area contributed by atoms with E-state index in [2.05, 4.69) is 21.9 Å². The molecule has 0 radical (unpaired) electrons. The van der Waals surface area contributed by atoms with Crippen LogP contribution in [-0.4, -0.2) is 29.4 Å². The largest absolute Gasteiger partial charge is 0.360 e. The SMILES string of the molecule is Cc1nccc(N(C)CCCCCCl)n1. The first-order valence-electron chi connectivity index (χ1n) is 5.31. The Kier molecular flexibility index (Phi) is 5.40. The summed E-state index contributed by atoms with van der Waals surface area (Å²) in [5.41, 5.74) is 0. The normalized spacial score (nSPS) is 10.3. The molecule has 1 aromatic rings. The number of unbranched alkanes of at least 4 members (excludes halogenated alkanes) is 2. The van der Waals surface area contributed by atoms with E-state index in [9.17, 15) is 0 Å². The molecule has 0 aliphatic carbocycles. The standard InChI is InChI=1S/C11H18ClN3/c1-10-13-8-6-11(14-10)15(2)9-5-3-4-7-12/h6,8H,3-5,7,9H2,1-2H3. The minimum absolute atomic E-state index is 0.760. The van der Waals surface area contributed by atoms with Crippen LogP contribution in [0.25, 0.3) is 0 Å². The number of aromatic nitrogens is 2. The van der Waals surface area contributed by atoms with E-state index in [-0.39, 0.29) is 0 Å². The van der Waals surface area contributed by atoms with Gasteiger partial charge in [0.05, 0.1) is 0 Å². The molecule has 0 fully saturated rings. The van der Waals surface area contributed by atoms with Crippen LogP contribution in [0.4, 0.5) is 5.82 Å². The number of halogens is 1. The van der Waals surface area contributed by atoms with Crippen molar-refractivity contribution >= 4 is 17.4 Å². The zero-order valence-electron chi connectivity index (χ0n) is 9.41. The zero-order valence-corrected chi connectivity index (χ0v) is 10.2. The van der Waals surface area contributed by atoms with Gasteiger partial charge in [-0.15, -0.1) is 11.6 Å². The molecule has 84 valence electrons. The van der Waals surface area contributed by atoms with Gasteiger partial charge in [-0.2, -0.15) is 0 Å². The van der Waals surface area contributed by atoms with Gasteiger partial charge in [-0.1, -0.05) is 6.42 Å². The minimum Gasteiger partial charge on any atom is -0.360 e. The van der Waals surface area contributed by atoms with Gasteiger partial charge in [-0.05, 0) is 25.8 Å². The highest BCUT2D eigenvalue weighted by atomic mass is 35.5. The van der Waals surface area contributed by atoms with E-state index in [0.717, 1.165) is 36.9 Å². The van der Waals surface area contributed by atoms with Crippen LogP contribution >= 0.6 is 11.6 Å². The summed E-state index contributed by atoms with van der Waals surface area (Å²) in [7, 11) is 2.06. The van der Waals surface area contributed by atoms with E-state index < -0.39 is 0 Å². The summed E-state index contributed by atoms with van der Waals surface area (Å²) >= 11 is 5.62. The Labute approximate surface area is 96.5 Å². The lowest BCUT2D eigenvalue weighted by molar-refractivity contribution is 0.702. The molecule has 0 N–H and O–H groups in total. The molecule has 1 heterocycles. The number of nitrogens with zero attached hydrogens (tertiary/aromatic N) is 3. The van der Waals surface area contributed by atoms with Gasteiger partial charge < -0.3 is 4.90 Å². The fourth-order valence-electron chi connectivity index (χ4n) is 1.39. The number of aryl methyl sites for hydroxylation is 1. The van der Waals surface area contributed by atoms with Crippen molar-refractivity contribution in [2.75, 3.05) is 24.4 Å². The second kappa shape index (κ2) is 6.62. The van der Waals surface area contributed by atoms with Crippen LogP contribution < -0.4 is 4.90 Å². The van der Waals surface area contributed by atoms with Crippen LogP contribution in [-0.2, 0) is 0 Å². The van der Waals surface area contributed by atoms with Crippen LogP contribution in [0.1, 0.15) is 25.1 Å². The molecule has 4 heteroatoms. The fourth-order valence-corrected chi connectivity index (χ4v) is 1.58. The third kappa shape index (κ3) is 4.47. The van der Waals surface area contributed by atoms with E-state index >= 15 is 0 Å². The maximum absolute atomic E-state index is 5.62. The topological polar surface area (TPSA) is 29.0 Å². The molecule has 1 aromatic heterocycles. The van der Waals surface area contributed by atoms with Crippen LogP contribution in [0, 0.1) is 6.92 Å². The Morgan fingerprint density at radius 2 is 2.13 bits per heavy atom. The molecular formula is C11H18ClN3. The van der Waals surface area contributed by atoms with Gasteiger partial charge in [0.25, 0.3) is 0 Å². The Bertz CT molecular complexity index is 291. The maximum Gasteiger partial charge on any atom is 0.131 e. The van der Waals surface area contributed by atoms with Crippen molar-refractivity contribution in [1.82, 2.24) is 9.97 Å². The van der Waals surface area contributed by atoms with Crippen molar-refractivity contribution in [3.8, 4) is 0 Å². The summed E-state index contributed by atoms with van der Waals surface area (Å²) in [6, 6.07) is 1.94. The molecule has 0 aromatic carbocycles. The average molecular weight is 228 g/mol. The predicted octanol–water partition coefficient (Wildman–Crippen LogP) is 2.63. The van der Waals surface area contributed by atoms with E-state index in [1.807, 2.05) is 13.0 Å². The lowest BCUT2D eigenvalue weighted by Crippen LogP contribution is -2.20. The highest BCUT2D eigenvalue weighted by Gasteiger charge is 2.01. The summed E-state index contributed by atoms with van der Waals surface area (Å²) in [5.74, 6) is 2.57. The predicted molar refractivity (Wildman–Crippen MR) is 64.6 cm³/mol. The highest BCUT2D eigenvalue weighted by molar-refractivity contribution is 6.17. The lowest BCUT2D eigenvalue weighted by Gasteiger charge is -2.17. The average Bonchev–Trinajstić information content (AvgIpc) is 2.24. The molecule has 15 heavy (non-hydrogen) atoms. The number of alkyl halides is 1. The molecular weight excluding hydrogens is 210 g/mol. The first-order chi connectivity index (χ1) is 7.24. The van der Waals surface area contributed by atoms with Gasteiger partial charge in [0, 0.05) is 25.7 Å². The molecule has 0 atom stereocenters. The molecule has 0 unspecified atom stereocenters. The number of rotatable bonds is 6. The summed E-state index contributed by atoms with van der Waals surface area (Å²) in [4.78, 5) is 10.6. The molecule has 1 rings (SSSR count). The van der Waals surface area contributed by atoms with Gasteiger partial charge in [0.15, 0.2) is 0 Å². The van der Waals surface area contributed by atoms with Gasteiger partial charge in [0.2, 0.25) is 0 Å². The molecule has 0 saturated carbocycles. The van der Waals surface area contributed by atoms with Gasteiger partial charge in [-0.25, -0.2) is 9.97 Å². The monoisotopic (exact) mass is 227 g/mol. The Hall–Kier alpha value is -0.830. The second-order valence-corrected chi connectivity index (χ2v) is 4.01. The first-order valence-corrected chi connectivity index (χ1v) is 5.84. The van der Waals surface area contributed by atoms with Crippen molar-refractivity contribution in [1.29, 1.82) is 0 Å². The van der Waals surface area contributed by atoms with Crippen molar-refractivity contribution < 1.29 is 0 Å². The van der Waals surface area contributed by atoms with Gasteiger partial charge in [-0.3, -0.25) is 0 Å². The number of anilines is 1. The van der Waals surface area contributed by atoms with Crippen LogP contribution in [0.5, 0.6) is 0 Å². The van der Waals surface area contributed by atoms with Crippen molar-refractivity contribution in [3.63, 3.8) is 0 Å². The Balaban J connectivity index is 2.36. The van der Waals surface area contributed by atoms with Crippen molar-refractivity contribution in [2.45, 2.75) is 26.2 Å². The maximum atomic E-state index is 5.62. The fraction of sp³-hybridized carbons (Fsp3) is 0.636. The van der Waals surface area contributed by atoms with E-state index in [0.29, 0.717) is 0 Å². The van der Waals surface area contributed by atoms with E-state index in [1.165, 1.54) is 6.42 Å². The molecule has 0 saturated heterocycles. The van der Waals surface area contributed by atoms with E-state index in [4.69, 9.17) is 11.6 Å². The molecule has 0 amide bonds. The third-order valence-electron chi connectivity index (χ3n) is 2.28. The summed E-state index contributed by atoms with van der Waals surface area (Å²) in [6.07, 6.45) is 5.23. The minimum atomic E-state index is 0.760. The highest BCUT2D eigenvalue weighted by Crippen LogP contribution is 2.09. The molecule has 0 aliphatic rings. The number of hydrogen-bond donors (Lipinski definition) is 0. The van der Waals surface area contributed by atoms with E-state index in [1.54, 1.807) is 6.20 Å². The molecule has 0 aliphatic heterocycles.